The number of phenolic OH excluding ortho intramolecular Hbond substituents is 1. The second-order valence-corrected chi connectivity index (χ2v) is 10.1. The van der Waals surface area contributed by atoms with Gasteiger partial charge in [-0.3, -0.25) is 14.4 Å². The van der Waals surface area contributed by atoms with E-state index in [-0.39, 0.29) is 5.75 Å². The van der Waals surface area contributed by atoms with Gasteiger partial charge >= 0.3 is 11.9 Å². The van der Waals surface area contributed by atoms with Gasteiger partial charge in [0.15, 0.2) is 5.78 Å². The second-order valence-electron chi connectivity index (χ2n) is 10.1. The van der Waals surface area contributed by atoms with Crippen molar-refractivity contribution < 1.29 is 34.1 Å². The topological polar surface area (TPSA) is 110 Å². The summed E-state index contributed by atoms with van der Waals surface area (Å²) in [5.41, 5.74) is -3.05. The third kappa shape index (κ3) is 5.59. The molecule has 1 aliphatic rings. The van der Waals surface area contributed by atoms with Crippen molar-refractivity contribution in [1.29, 1.82) is 0 Å². The van der Waals surface area contributed by atoms with E-state index in [0.29, 0.717) is 5.56 Å². The van der Waals surface area contributed by atoms with Crippen LogP contribution in [-0.4, -0.2) is 44.7 Å². The van der Waals surface area contributed by atoms with E-state index in [1.54, 1.807) is 53.7 Å². The molecule has 0 bridgehead atoms. The monoisotopic (exact) mass is 420 g/mol. The van der Waals surface area contributed by atoms with E-state index in [2.05, 4.69) is 0 Å². The molecule has 0 unspecified atom stereocenters. The molecule has 7 heteroatoms. The third-order valence-corrected chi connectivity index (χ3v) is 4.84. The molecular formula is C23H32O7. The van der Waals surface area contributed by atoms with Crippen molar-refractivity contribution >= 4 is 17.7 Å². The summed E-state index contributed by atoms with van der Waals surface area (Å²) >= 11 is 0. The molecule has 1 aromatic carbocycles. The molecule has 7 nitrogen and oxygen atoms in total. The van der Waals surface area contributed by atoms with E-state index >= 15 is 0 Å². The Hall–Kier alpha value is -2.41. The van der Waals surface area contributed by atoms with Gasteiger partial charge in [0.05, 0.1) is 11.5 Å². The predicted octanol–water partition coefficient (Wildman–Crippen LogP) is 3.12. The van der Waals surface area contributed by atoms with Crippen molar-refractivity contribution in [1.82, 2.24) is 0 Å². The molecule has 2 rings (SSSR count). The highest BCUT2D eigenvalue weighted by Gasteiger charge is 2.57. The van der Waals surface area contributed by atoms with Crippen LogP contribution < -0.4 is 0 Å². The molecule has 166 valence electrons. The average molecular weight is 421 g/mol. The summed E-state index contributed by atoms with van der Waals surface area (Å²) in [6, 6.07) is 5.98. The van der Waals surface area contributed by atoms with Gasteiger partial charge in [0.2, 0.25) is 0 Å². The van der Waals surface area contributed by atoms with Crippen LogP contribution in [0.25, 0.3) is 0 Å². The molecule has 0 aliphatic heterocycles. The summed E-state index contributed by atoms with van der Waals surface area (Å²) in [6.07, 6.45) is -0.393. The van der Waals surface area contributed by atoms with Gasteiger partial charge in [-0.05, 0) is 66.2 Å². The Morgan fingerprint density at radius 3 is 2.07 bits per heavy atom. The molecule has 4 atom stereocenters. The number of esters is 2. The van der Waals surface area contributed by atoms with Crippen LogP contribution in [0.3, 0.4) is 0 Å². The van der Waals surface area contributed by atoms with Gasteiger partial charge in [-0.25, -0.2) is 0 Å². The number of aromatic hydroxyl groups is 1. The first kappa shape index (κ1) is 23.9. The lowest BCUT2D eigenvalue weighted by atomic mass is 9.61. The van der Waals surface area contributed by atoms with Crippen LogP contribution in [0.15, 0.2) is 24.3 Å². The molecule has 0 amide bonds. The maximum Gasteiger partial charge on any atom is 0.317 e. The number of aliphatic hydroxyl groups is 1. The first-order valence-corrected chi connectivity index (χ1v) is 10.0. The molecule has 2 N–H and O–H groups in total. The van der Waals surface area contributed by atoms with Crippen molar-refractivity contribution in [2.75, 3.05) is 0 Å². The number of carbonyl (C=O) groups is 3. The summed E-state index contributed by atoms with van der Waals surface area (Å²) in [5, 5.41) is 21.1. The zero-order valence-corrected chi connectivity index (χ0v) is 18.7. The van der Waals surface area contributed by atoms with Gasteiger partial charge in [-0.15, -0.1) is 0 Å². The largest absolute Gasteiger partial charge is 0.508 e. The minimum absolute atomic E-state index is 0.0870. The Kier molecular flexibility index (Phi) is 6.38. The quantitative estimate of drug-likeness (QED) is 0.571. The summed E-state index contributed by atoms with van der Waals surface area (Å²) in [4.78, 5) is 39.2. The normalized spacial score (nSPS) is 27.5. The van der Waals surface area contributed by atoms with E-state index < -0.39 is 58.7 Å². The minimum atomic E-state index is -1.74. The number of hydrogen-bond acceptors (Lipinski definition) is 7. The van der Waals surface area contributed by atoms with E-state index in [0.717, 1.165) is 0 Å². The number of carbonyl (C=O) groups excluding carboxylic acids is 3. The number of ketones is 1. The number of benzene rings is 1. The predicted molar refractivity (Wildman–Crippen MR) is 110 cm³/mol. The summed E-state index contributed by atoms with van der Waals surface area (Å²) in [6.45, 7) is 11.5. The summed E-state index contributed by atoms with van der Waals surface area (Å²) in [5.74, 6) is -5.69. The van der Waals surface area contributed by atoms with E-state index in [1.165, 1.54) is 19.1 Å². The number of hydrogen-bond donors (Lipinski definition) is 2. The fraction of sp³-hybridized carbons (Fsp3) is 0.609. The Labute approximate surface area is 177 Å². The molecule has 0 aromatic heterocycles. The van der Waals surface area contributed by atoms with Crippen LogP contribution in [0, 0.1) is 11.8 Å². The average Bonchev–Trinajstić information content (AvgIpc) is 2.49. The van der Waals surface area contributed by atoms with Gasteiger partial charge in [-0.2, -0.15) is 0 Å². The molecule has 0 radical (unpaired) electrons. The molecule has 0 heterocycles. The van der Waals surface area contributed by atoms with Crippen LogP contribution in [-0.2, 0) is 23.9 Å². The van der Waals surface area contributed by atoms with Crippen molar-refractivity contribution in [2.45, 2.75) is 77.6 Å². The van der Waals surface area contributed by atoms with E-state index in [9.17, 15) is 24.6 Å². The van der Waals surface area contributed by atoms with Crippen LogP contribution in [0.2, 0.25) is 0 Å². The van der Waals surface area contributed by atoms with Crippen molar-refractivity contribution in [2.24, 2.45) is 11.8 Å². The molecule has 0 spiro atoms. The Morgan fingerprint density at radius 2 is 1.57 bits per heavy atom. The molecule has 1 saturated carbocycles. The van der Waals surface area contributed by atoms with Crippen LogP contribution in [0.1, 0.15) is 66.4 Å². The lowest BCUT2D eigenvalue weighted by Gasteiger charge is -2.44. The first-order valence-electron chi connectivity index (χ1n) is 10.0. The highest BCUT2D eigenvalue weighted by molar-refractivity contribution is 6.03. The van der Waals surface area contributed by atoms with Crippen LogP contribution in [0.4, 0.5) is 0 Å². The van der Waals surface area contributed by atoms with Gasteiger partial charge in [-0.1, -0.05) is 12.1 Å². The summed E-state index contributed by atoms with van der Waals surface area (Å²) < 4.78 is 11.0. The SMILES string of the molecule is CC(C)(C)OC(=O)[C@@H]1C(=O)C[C@](C)(O)[C@@H](C(=O)OC(C)(C)C)[C@@H]1c1cccc(O)c1. The smallest absolute Gasteiger partial charge is 0.317 e. The third-order valence-electron chi connectivity index (χ3n) is 4.84. The van der Waals surface area contributed by atoms with Gasteiger partial charge < -0.3 is 19.7 Å². The molecule has 30 heavy (non-hydrogen) atoms. The Balaban J connectivity index is 2.64. The van der Waals surface area contributed by atoms with Gasteiger partial charge in [0.25, 0.3) is 0 Å². The highest BCUT2D eigenvalue weighted by Crippen LogP contribution is 2.47. The molecule has 1 fully saturated rings. The lowest BCUT2D eigenvalue weighted by Crippen LogP contribution is -2.56. The number of Topliss-reactive ketones (excluding diaryl/α,β-unsaturated/α-hetero) is 1. The van der Waals surface area contributed by atoms with Crippen LogP contribution >= 0.6 is 0 Å². The van der Waals surface area contributed by atoms with Crippen molar-refractivity contribution in [3.05, 3.63) is 29.8 Å². The Morgan fingerprint density at radius 1 is 1.03 bits per heavy atom. The van der Waals surface area contributed by atoms with E-state index in [4.69, 9.17) is 9.47 Å². The zero-order valence-electron chi connectivity index (χ0n) is 18.7. The number of rotatable bonds is 3. The summed E-state index contributed by atoms with van der Waals surface area (Å²) in [7, 11) is 0. The van der Waals surface area contributed by atoms with Crippen molar-refractivity contribution in [3.8, 4) is 5.75 Å². The lowest BCUT2D eigenvalue weighted by molar-refractivity contribution is -0.182. The van der Waals surface area contributed by atoms with Crippen LogP contribution in [0.5, 0.6) is 5.75 Å². The minimum Gasteiger partial charge on any atom is -0.508 e. The maximum absolute atomic E-state index is 13.1. The molecule has 0 saturated heterocycles. The van der Waals surface area contributed by atoms with Crippen molar-refractivity contribution in [3.63, 3.8) is 0 Å². The number of phenols is 1. The Bertz CT molecular complexity index is 827. The first-order chi connectivity index (χ1) is 13.5. The zero-order chi connectivity index (χ0) is 23.1. The maximum atomic E-state index is 13.1. The molecular weight excluding hydrogens is 388 g/mol. The molecule has 1 aromatic rings. The standard InChI is InChI=1S/C23H32O7/c1-21(2,3)29-19(26)17-15(25)12-23(7,28)18(20(27)30-22(4,5)6)16(17)13-9-8-10-14(24)11-13/h8-11,16-18,24,28H,12H2,1-7H3/t16-,17-,18-,23+/m1/s1. The highest BCUT2D eigenvalue weighted by atomic mass is 16.6. The fourth-order valence-electron chi connectivity index (χ4n) is 3.88. The molecule has 1 aliphatic carbocycles. The number of ether oxygens (including phenoxy) is 2. The fourth-order valence-corrected chi connectivity index (χ4v) is 3.88. The second kappa shape index (κ2) is 8.02. The van der Waals surface area contributed by atoms with E-state index in [1.807, 2.05) is 0 Å². The van der Waals surface area contributed by atoms with Gasteiger partial charge in [0, 0.05) is 12.3 Å². The van der Waals surface area contributed by atoms with Gasteiger partial charge in [0.1, 0.15) is 22.9 Å².